The molecule has 0 bridgehead atoms. The first-order valence-corrected chi connectivity index (χ1v) is 12.4. The molecule has 1 N–H and O–H groups in total. The highest BCUT2D eigenvalue weighted by molar-refractivity contribution is 7.89. The number of hydrogen-bond acceptors (Lipinski definition) is 5. The fourth-order valence-corrected chi connectivity index (χ4v) is 6.19. The molecule has 0 spiro atoms. The fraction of sp³-hybridized carbons (Fsp3) is 0.375. The van der Waals surface area contributed by atoms with Crippen molar-refractivity contribution < 1.29 is 13.2 Å². The summed E-state index contributed by atoms with van der Waals surface area (Å²) in [6, 6.07) is 13.1. The molecule has 8 nitrogen and oxygen atoms in total. The number of hydrogen-bond donors (Lipinski definition) is 1. The van der Waals surface area contributed by atoms with Crippen molar-refractivity contribution in [2.75, 3.05) is 20.1 Å². The maximum atomic E-state index is 13.2. The van der Waals surface area contributed by atoms with Gasteiger partial charge in [-0.1, -0.05) is 32.0 Å². The van der Waals surface area contributed by atoms with Crippen molar-refractivity contribution in [1.29, 1.82) is 0 Å². The molecule has 2 unspecified atom stereocenters. The zero-order valence-corrected chi connectivity index (χ0v) is 19.8. The van der Waals surface area contributed by atoms with Crippen LogP contribution in [-0.4, -0.2) is 53.6 Å². The van der Waals surface area contributed by atoms with Gasteiger partial charge < -0.3 is 9.88 Å². The Hall–Kier alpha value is -3.04. The van der Waals surface area contributed by atoms with E-state index in [9.17, 15) is 18.0 Å². The van der Waals surface area contributed by atoms with Crippen LogP contribution >= 0.6 is 0 Å². The first kappa shape index (κ1) is 23.1. The minimum absolute atomic E-state index is 0.0804. The molecule has 0 radical (unpaired) electrons. The number of amides is 1. The topological polar surface area (TPSA) is 103 Å². The van der Waals surface area contributed by atoms with E-state index in [1.165, 1.54) is 21.3 Å². The normalized spacial score (nSPS) is 19.5. The summed E-state index contributed by atoms with van der Waals surface area (Å²) in [6.07, 6.45) is 1.00. The largest absolute Gasteiger partial charge is 0.334 e. The summed E-state index contributed by atoms with van der Waals surface area (Å²) >= 11 is 0. The van der Waals surface area contributed by atoms with E-state index in [0.717, 1.165) is 6.42 Å². The van der Waals surface area contributed by atoms with E-state index in [2.05, 4.69) is 23.8 Å². The summed E-state index contributed by atoms with van der Waals surface area (Å²) in [7, 11) is -2.11. The molecular formula is C24H28N4O4S. The average Bonchev–Trinajstić information content (AvgIpc) is 2.78. The molecule has 2 heterocycles. The number of benzene rings is 2. The van der Waals surface area contributed by atoms with E-state index in [1.807, 2.05) is 0 Å². The van der Waals surface area contributed by atoms with E-state index >= 15 is 0 Å². The molecule has 1 aromatic heterocycles. The molecule has 174 valence electrons. The second kappa shape index (κ2) is 9.07. The zero-order valence-electron chi connectivity index (χ0n) is 19.0. The zero-order chi connectivity index (χ0) is 23.8. The van der Waals surface area contributed by atoms with Gasteiger partial charge in [-0.3, -0.25) is 9.59 Å². The SMILES string of the molecule is CC1CC(C)CN(S(=O)(=O)c2cccc(C(=O)N(C)Cc3nc4ccccc4c(=O)[nH]3)c2)C1. The summed E-state index contributed by atoms with van der Waals surface area (Å²) in [5.74, 6) is 0.574. The first-order valence-electron chi connectivity index (χ1n) is 11.0. The van der Waals surface area contributed by atoms with Gasteiger partial charge in [0.2, 0.25) is 10.0 Å². The fourth-order valence-electron chi connectivity index (χ4n) is 4.47. The predicted molar refractivity (Wildman–Crippen MR) is 126 cm³/mol. The van der Waals surface area contributed by atoms with Gasteiger partial charge in [0.05, 0.1) is 22.3 Å². The van der Waals surface area contributed by atoms with Crippen LogP contribution in [-0.2, 0) is 16.6 Å². The number of aromatic amines is 1. The van der Waals surface area contributed by atoms with Gasteiger partial charge in [0.1, 0.15) is 5.82 Å². The number of nitrogens with one attached hydrogen (secondary N) is 1. The quantitative estimate of drug-likeness (QED) is 0.620. The third kappa shape index (κ3) is 4.84. The lowest BCUT2D eigenvalue weighted by molar-refractivity contribution is 0.0781. The number of piperidine rings is 1. The molecule has 9 heteroatoms. The molecule has 2 atom stereocenters. The van der Waals surface area contributed by atoms with Gasteiger partial charge in [0.25, 0.3) is 11.5 Å². The lowest BCUT2D eigenvalue weighted by Crippen LogP contribution is -2.42. The van der Waals surface area contributed by atoms with Crippen LogP contribution < -0.4 is 5.56 Å². The van der Waals surface area contributed by atoms with Crippen molar-refractivity contribution in [1.82, 2.24) is 19.2 Å². The van der Waals surface area contributed by atoms with Gasteiger partial charge in [-0.05, 0) is 48.6 Å². The van der Waals surface area contributed by atoms with Gasteiger partial charge in [-0.25, -0.2) is 13.4 Å². The number of nitrogens with zero attached hydrogens (tertiary/aromatic N) is 3. The van der Waals surface area contributed by atoms with Gasteiger partial charge in [0, 0.05) is 25.7 Å². The number of carbonyl (C=O) groups is 1. The van der Waals surface area contributed by atoms with Gasteiger partial charge in [0.15, 0.2) is 0 Å². The summed E-state index contributed by atoms with van der Waals surface area (Å²) in [5, 5.41) is 0.481. The highest BCUT2D eigenvalue weighted by Crippen LogP contribution is 2.27. The molecule has 1 amide bonds. The highest BCUT2D eigenvalue weighted by atomic mass is 32.2. The summed E-state index contributed by atoms with van der Waals surface area (Å²) in [5.41, 5.74) is 0.546. The van der Waals surface area contributed by atoms with Gasteiger partial charge >= 0.3 is 0 Å². The smallest absolute Gasteiger partial charge is 0.258 e. The maximum absolute atomic E-state index is 13.2. The Kier molecular flexibility index (Phi) is 6.36. The van der Waals surface area contributed by atoms with E-state index < -0.39 is 10.0 Å². The van der Waals surface area contributed by atoms with E-state index in [0.29, 0.717) is 29.8 Å². The molecule has 4 rings (SSSR count). The summed E-state index contributed by atoms with van der Waals surface area (Å²) in [4.78, 5) is 34.0. The Bertz CT molecular complexity index is 1340. The lowest BCUT2D eigenvalue weighted by Gasteiger charge is -2.34. The van der Waals surface area contributed by atoms with Crippen LogP contribution in [0.1, 0.15) is 36.5 Å². The van der Waals surface area contributed by atoms with E-state index in [4.69, 9.17) is 0 Å². The van der Waals surface area contributed by atoms with Crippen molar-refractivity contribution >= 4 is 26.8 Å². The molecule has 1 fully saturated rings. The molecule has 3 aromatic rings. The predicted octanol–water partition coefficient (Wildman–Crippen LogP) is 2.86. The third-order valence-electron chi connectivity index (χ3n) is 5.95. The Morgan fingerprint density at radius 1 is 1.12 bits per heavy atom. The number of para-hydroxylation sites is 1. The van der Waals surface area contributed by atoms with Crippen LogP contribution in [0.3, 0.4) is 0 Å². The monoisotopic (exact) mass is 468 g/mol. The molecule has 0 saturated carbocycles. The minimum Gasteiger partial charge on any atom is -0.334 e. The van der Waals surface area contributed by atoms with E-state index in [1.54, 1.807) is 43.4 Å². The van der Waals surface area contributed by atoms with Crippen molar-refractivity contribution in [3.63, 3.8) is 0 Å². The molecule has 1 aliphatic rings. The molecule has 1 aliphatic heterocycles. The summed E-state index contributed by atoms with van der Waals surface area (Å²) in [6.45, 7) is 5.14. The number of aromatic nitrogens is 2. The molecule has 0 aliphatic carbocycles. The van der Waals surface area contributed by atoms with Crippen molar-refractivity contribution in [2.24, 2.45) is 11.8 Å². The number of H-pyrrole nitrogens is 1. The summed E-state index contributed by atoms with van der Waals surface area (Å²) < 4.78 is 28.0. The highest BCUT2D eigenvalue weighted by Gasteiger charge is 2.32. The maximum Gasteiger partial charge on any atom is 0.258 e. The molecule has 1 saturated heterocycles. The van der Waals surface area contributed by atoms with Crippen LogP contribution in [0, 0.1) is 11.8 Å². The van der Waals surface area contributed by atoms with Gasteiger partial charge in [-0.15, -0.1) is 0 Å². The third-order valence-corrected chi connectivity index (χ3v) is 7.78. The second-order valence-electron chi connectivity index (χ2n) is 8.99. The Morgan fingerprint density at radius 3 is 2.55 bits per heavy atom. The number of carbonyl (C=O) groups excluding carboxylic acids is 1. The van der Waals surface area contributed by atoms with E-state index in [-0.39, 0.29) is 40.3 Å². The van der Waals surface area contributed by atoms with Gasteiger partial charge in [-0.2, -0.15) is 4.31 Å². The van der Waals surface area contributed by atoms with Crippen molar-refractivity contribution in [3.05, 3.63) is 70.3 Å². The van der Waals surface area contributed by atoms with Crippen LogP contribution in [0.25, 0.3) is 10.9 Å². The van der Waals surface area contributed by atoms with Crippen LogP contribution in [0.2, 0.25) is 0 Å². The minimum atomic E-state index is -3.70. The number of rotatable bonds is 5. The van der Waals surface area contributed by atoms with Crippen LogP contribution in [0.15, 0.2) is 58.2 Å². The molecule has 2 aromatic carbocycles. The lowest BCUT2D eigenvalue weighted by atomic mass is 9.94. The number of sulfonamides is 1. The number of fused-ring (bicyclic) bond motifs is 1. The average molecular weight is 469 g/mol. The first-order chi connectivity index (χ1) is 15.6. The van der Waals surface area contributed by atoms with Crippen LogP contribution in [0.5, 0.6) is 0 Å². The van der Waals surface area contributed by atoms with Crippen LogP contribution in [0.4, 0.5) is 0 Å². The van der Waals surface area contributed by atoms with Crippen molar-refractivity contribution in [2.45, 2.75) is 31.7 Å². The standard InChI is InChI=1S/C24H28N4O4S/c1-16-11-17(2)14-28(13-16)33(31,32)19-8-6-7-18(12-19)24(30)27(3)15-22-25-21-10-5-4-9-20(21)23(29)26-22/h4-10,12,16-17H,11,13-15H2,1-3H3,(H,25,26,29). The molecular weight excluding hydrogens is 440 g/mol. The second-order valence-corrected chi connectivity index (χ2v) is 10.9. The molecule has 33 heavy (non-hydrogen) atoms. The Labute approximate surface area is 193 Å². The Balaban J connectivity index is 1.55. The van der Waals surface area contributed by atoms with Crippen molar-refractivity contribution in [3.8, 4) is 0 Å². The Morgan fingerprint density at radius 2 is 1.82 bits per heavy atom.